The van der Waals surface area contributed by atoms with E-state index in [4.69, 9.17) is 9.84 Å². The highest BCUT2D eigenvalue weighted by molar-refractivity contribution is 5.68. The average molecular weight is 174 g/mol. The number of carboxylic acids is 1. The normalized spacial score (nSPS) is 34.3. The van der Waals surface area contributed by atoms with Crippen LogP contribution in [0.2, 0.25) is 0 Å². The molecule has 12 heavy (non-hydrogen) atoms. The van der Waals surface area contributed by atoms with Crippen LogP contribution >= 0.6 is 0 Å². The van der Waals surface area contributed by atoms with Gasteiger partial charge in [-0.2, -0.15) is 0 Å². The van der Waals surface area contributed by atoms with E-state index in [2.05, 4.69) is 0 Å². The van der Waals surface area contributed by atoms with Gasteiger partial charge >= 0.3 is 5.97 Å². The van der Waals surface area contributed by atoms with E-state index in [-0.39, 0.29) is 12.5 Å². The molecule has 0 bridgehead atoms. The molecule has 0 aromatic heterocycles. The molecule has 4 heteroatoms. The van der Waals surface area contributed by atoms with Gasteiger partial charge in [0.25, 0.3) is 0 Å². The zero-order valence-corrected chi connectivity index (χ0v) is 7.12. The number of hydrogen-bond donors (Lipinski definition) is 2. The molecule has 0 saturated heterocycles. The Morgan fingerprint density at radius 2 is 2.25 bits per heavy atom. The smallest absolute Gasteiger partial charge is 0.306 e. The van der Waals surface area contributed by atoms with E-state index in [0.717, 1.165) is 0 Å². The highest BCUT2D eigenvalue weighted by Gasteiger charge is 2.44. The van der Waals surface area contributed by atoms with E-state index in [1.54, 1.807) is 0 Å². The highest BCUT2D eigenvalue weighted by atomic mass is 16.5. The molecule has 1 fully saturated rings. The van der Waals surface area contributed by atoms with Crippen LogP contribution in [-0.4, -0.2) is 34.5 Å². The fraction of sp³-hybridized carbons (Fsp3) is 0.875. The van der Waals surface area contributed by atoms with Crippen LogP contribution in [0.5, 0.6) is 0 Å². The molecule has 0 atom stereocenters. The van der Waals surface area contributed by atoms with Crippen LogP contribution in [0.15, 0.2) is 0 Å². The SMILES string of the molecule is CCOC1CC(O)(CC(=O)O)C1. The summed E-state index contributed by atoms with van der Waals surface area (Å²) in [7, 11) is 0. The molecule has 0 radical (unpaired) electrons. The van der Waals surface area contributed by atoms with Gasteiger partial charge in [0.15, 0.2) is 0 Å². The van der Waals surface area contributed by atoms with Gasteiger partial charge in [-0.3, -0.25) is 4.79 Å². The molecule has 1 saturated carbocycles. The predicted molar refractivity (Wildman–Crippen MR) is 41.9 cm³/mol. The van der Waals surface area contributed by atoms with Crippen molar-refractivity contribution in [3.05, 3.63) is 0 Å². The lowest BCUT2D eigenvalue weighted by Gasteiger charge is -2.42. The Balaban J connectivity index is 2.25. The Bertz CT molecular complexity index is 172. The quantitative estimate of drug-likeness (QED) is 0.647. The van der Waals surface area contributed by atoms with Crippen LogP contribution < -0.4 is 0 Å². The third-order valence-electron chi connectivity index (χ3n) is 2.10. The Hall–Kier alpha value is -0.610. The van der Waals surface area contributed by atoms with E-state index in [9.17, 15) is 9.90 Å². The van der Waals surface area contributed by atoms with Crippen LogP contribution in [-0.2, 0) is 9.53 Å². The minimum atomic E-state index is -1.01. The lowest BCUT2D eigenvalue weighted by molar-refractivity contribution is -0.163. The zero-order chi connectivity index (χ0) is 9.19. The van der Waals surface area contributed by atoms with E-state index in [1.807, 2.05) is 6.92 Å². The van der Waals surface area contributed by atoms with E-state index >= 15 is 0 Å². The molecule has 0 amide bonds. The molecule has 1 aliphatic rings. The molecule has 0 aromatic rings. The van der Waals surface area contributed by atoms with Crippen LogP contribution in [0, 0.1) is 0 Å². The Morgan fingerprint density at radius 3 is 2.67 bits per heavy atom. The van der Waals surface area contributed by atoms with Gasteiger partial charge in [-0.1, -0.05) is 0 Å². The van der Waals surface area contributed by atoms with Crippen molar-refractivity contribution in [1.82, 2.24) is 0 Å². The fourth-order valence-electron chi connectivity index (χ4n) is 1.57. The standard InChI is InChI=1S/C8H14O4/c1-2-12-6-3-8(11,4-6)5-7(9)10/h6,11H,2-5H2,1H3,(H,9,10). The summed E-state index contributed by atoms with van der Waals surface area (Å²) in [5.74, 6) is -0.951. The van der Waals surface area contributed by atoms with Crippen molar-refractivity contribution < 1.29 is 19.7 Å². The molecule has 0 spiro atoms. The summed E-state index contributed by atoms with van der Waals surface area (Å²) >= 11 is 0. The van der Waals surface area contributed by atoms with Gasteiger partial charge in [-0.15, -0.1) is 0 Å². The topological polar surface area (TPSA) is 66.8 Å². The van der Waals surface area contributed by atoms with Crippen LogP contribution in [0.25, 0.3) is 0 Å². The Morgan fingerprint density at radius 1 is 1.67 bits per heavy atom. The van der Waals surface area contributed by atoms with Crippen molar-refractivity contribution in [2.45, 2.75) is 37.9 Å². The second-order valence-corrected chi connectivity index (χ2v) is 3.28. The lowest BCUT2D eigenvalue weighted by atomic mass is 9.75. The van der Waals surface area contributed by atoms with Crippen molar-refractivity contribution in [2.24, 2.45) is 0 Å². The van der Waals surface area contributed by atoms with Gasteiger partial charge in [0.1, 0.15) is 0 Å². The van der Waals surface area contributed by atoms with E-state index in [1.165, 1.54) is 0 Å². The monoisotopic (exact) mass is 174 g/mol. The van der Waals surface area contributed by atoms with Gasteiger partial charge < -0.3 is 14.9 Å². The maximum Gasteiger partial charge on any atom is 0.306 e. The van der Waals surface area contributed by atoms with Gasteiger partial charge in [0.05, 0.1) is 18.1 Å². The molecule has 0 unspecified atom stereocenters. The van der Waals surface area contributed by atoms with Crippen LogP contribution in [0.4, 0.5) is 0 Å². The maximum atomic E-state index is 10.3. The first-order valence-corrected chi connectivity index (χ1v) is 4.11. The zero-order valence-electron chi connectivity index (χ0n) is 7.12. The van der Waals surface area contributed by atoms with Crippen LogP contribution in [0.1, 0.15) is 26.2 Å². The van der Waals surface area contributed by atoms with Crippen LogP contribution in [0.3, 0.4) is 0 Å². The molecule has 70 valence electrons. The summed E-state index contributed by atoms with van der Waals surface area (Å²) in [6.45, 7) is 2.50. The number of hydrogen-bond acceptors (Lipinski definition) is 3. The summed E-state index contributed by atoms with van der Waals surface area (Å²) in [6, 6.07) is 0. The van der Waals surface area contributed by atoms with Gasteiger partial charge in [0.2, 0.25) is 0 Å². The number of rotatable bonds is 4. The van der Waals surface area contributed by atoms with Crippen molar-refractivity contribution in [3.8, 4) is 0 Å². The van der Waals surface area contributed by atoms with Crippen molar-refractivity contribution in [1.29, 1.82) is 0 Å². The molecule has 4 nitrogen and oxygen atoms in total. The predicted octanol–water partition coefficient (Wildman–Crippen LogP) is 0.391. The first-order valence-electron chi connectivity index (χ1n) is 4.11. The summed E-state index contributed by atoms with van der Waals surface area (Å²) in [5.41, 5.74) is -1.01. The molecular formula is C8H14O4. The van der Waals surface area contributed by atoms with Gasteiger partial charge in [-0.05, 0) is 6.92 Å². The van der Waals surface area contributed by atoms with E-state index in [0.29, 0.717) is 19.4 Å². The minimum absolute atomic E-state index is 0.0550. The van der Waals surface area contributed by atoms with Crippen molar-refractivity contribution >= 4 is 5.97 Å². The molecule has 1 rings (SSSR count). The second kappa shape index (κ2) is 3.41. The first-order chi connectivity index (χ1) is 5.56. The lowest BCUT2D eigenvalue weighted by Crippen LogP contribution is -2.49. The second-order valence-electron chi connectivity index (χ2n) is 3.28. The minimum Gasteiger partial charge on any atom is -0.481 e. The molecular weight excluding hydrogens is 160 g/mol. The fourth-order valence-corrected chi connectivity index (χ4v) is 1.57. The Labute approximate surface area is 71.2 Å². The highest BCUT2D eigenvalue weighted by Crippen LogP contribution is 2.36. The average Bonchev–Trinajstić information content (AvgIpc) is 1.82. The maximum absolute atomic E-state index is 10.3. The molecule has 0 aliphatic heterocycles. The largest absolute Gasteiger partial charge is 0.481 e. The molecule has 1 aliphatic carbocycles. The summed E-state index contributed by atoms with van der Waals surface area (Å²) in [6.07, 6.45) is 0.788. The third kappa shape index (κ3) is 2.19. The van der Waals surface area contributed by atoms with Crippen molar-refractivity contribution in [3.63, 3.8) is 0 Å². The number of ether oxygens (including phenoxy) is 1. The van der Waals surface area contributed by atoms with Gasteiger partial charge in [-0.25, -0.2) is 0 Å². The summed E-state index contributed by atoms with van der Waals surface area (Å²) < 4.78 is 5.20. The molecule has 0 heterocycles. The number of carbonyl (C=O) groups is 1. The van der Waals surface area contributed by atoms with Gasteiger partial charge in [0, 0.05) is 19.4 Å². The summed E-state index contributed by atoms with van der Waals surface area (Å²) in [5, 5.41) is 17.9. The van der Waals surface area contributed by atoms with Crippen molar-refractivity contribution in [2.75, 3.05) is 6.61 Å². The number of carboxylic acid groups (broad SMARTS) is 1. The number of aliphatic hydroxyl groups is 1. The molecule has 0 aromatic carbocycles. The van der Waals surface area contributed by atoms with E-state index < -0.39 is 11.6 Å². The summed E-state index contributed by atoms with van der Waals surface area (Å²) in [4.78, 5) is 10.3. The third-order valence-corrected chi connectivity index (χ3v) is 2.10. The number of aliphatic carboxylic acids is 1. The Kier molecular flexibility index (Phi) is 2.69. The molecule has 2 N–H and O–H groups in total. The first kappa shape index (κ1) is 9.48.